The van der Waals surface area contributed by atoms with Gasteiger partial charge in [0.15, 0.2) is 0 Å². The number of fused-ring (bicyclic) bond motifs is 18. The number of nitrogens with one attached hydrogen (secondary N) is 1. The number of rotatable bonds is 15. The minimum absolute atomic E-state index is 1.06. The number of anilines is 8. The summed E-state index contributed by atoms with van der Waals surface area (Å²) in [6.45, 7) is 0. The van der Waals surface area contributed by atoms with Crippen molar-refractivity contribution in [1.29, 1.82) is 0 Å². The van der Waals surface area contributed by atoms with Crippen molar-refractivity contribution >= 4 is 219 Å². The molecule has 670 valence electrons. The van der Waals surface area contributed by atoms with E-state index >= 15 is 0 Å². The van der Waals surface area contributed by atoms with Crippen LogP contribution in [-0.4, -0.2) is 22.8 Å². The lowest BCUT2D eigenvalue weighted by Crippen LogP contribution is -2.10. The van der Waals surface area contributed by atoms with Crippen LogP contribution >= 0.6 is 31.9 Å². The van der Waals surface area contributed by atoms with Crippen LogP contribution in [0.1, 0.15) is 0 Å². The molecule has 23 aromatic carbocycles. The summed E-state index contributed by atoms with van der Waals surface area (Å²) in [6.07, 6.45) is 0. The first-order valence-electron chi connectivity index (χ1n) is 48.1. The van der Waals surface area contributed by atoms with Gasteiger partial charge in [-0.05, 0) is 263 Å². The van der Waals surface area contributed by atoms with E-state index in [2.05, 4.69) is 592 Å². The summed E-state index contributed by atoms with van der Waals surface area (Å²) < 4.78 is 14.1. The van der Waals surface area contributed by atoms with E-state index in [0.29, 0.717) is 0 Å². The van der Waals surface area contributed by atoms with Crippen molar-refractivity contribution in [2.24, 2.45) is 0 Å². The van der Waals surface area contributed by atoms with Crippen LogP contribution in [0.5, 0.6) is 0 Å². The highest BCUT2D eigenvalue weighted by Gasteiger charge is 2.27. The summed E-state index contributed by atoms with van der Waals surface area (Å²) in [5.74, 6) is 0. The Balaban J connectivity index is 0.000000146. The molecule has 0 spiro atoms. The molecule has 142 heavy (non-hydrogen) atoms. The Morgan fingerprint density at radius 1 is 0.162 bits per heavy atom. The molecule has 0 fully saturated rings. The summed E-state index contributed by atoms with van der Waals surface area (Å²) in [7, 11) is 0. The predicted octanol–water partition coefficient (Wildman–Crippen LogP) is 37.5. The normalized spacial score (nSPS) is 11.6. The van der Waals surface area contributed by atoms with Crippen molar-refractivity contribution in [2.45, 2.75) is 0 Å². The molecule has 5 aromatic heterocycles. The smallest absolute Gasteiger partial charge is 0.0542 e. The molecule has 0 aliphatic rings. The molecule has 0 saturated carbocycles. The van der Waals surface area contributed by atoms with Crippen LogP contribution < -0.4 is 15.1 Å². The van der Waals surface area contributed by atoms with Crippen LogP contribution in [-0.2, 0) is 0 Å². The Kier molecular flexibility index (Phi) is 21.4. The van der Waals surface area contributed by atoms with Crippen molar-refractivity contribution in [3.05, 3.63) is 537 Å². The van der Waals surface area contributed by atoms with Gasteiger partial charge in [-0.1, -0.05) is 335 Å². The molecule has 0 aliphatic heterocycles. The zero-order valence-electron chi connectivity index (χ0n) is 77.1. The molecule has 8 nitrogen and oxygen atoms in total. The second-order valence-electron chi connectivity index (χ2n) is 36.2. The predicted molar refractivity (Wildman–Crippen MR) is 609 cm³/mol. The van der Waals surface area contributed by atoms with Crippen molar-refractivity contribution in [2.75, 3.05) is 15.1 Å². The van der Waals surface area contributed by atoms with Crippen LogP contribution in [0.25, 0.3) is 192 Å². The molecule has 10 heteroatoms. The molecule has 5 heterocycles. The van der Waals surface area contributed by atoms with Gasteiger partial charge in [-0.15, -0.1) is 0 Å². The number of hydrogen-bond donors (Lipinski definition) is 1. The third-order valence-electron chi connectivity index (χ3n) is 28.0. The topological polar surface area (TPSA) is 43.2 Å². The number of halogens is 2. The Morgan fingerprint density at radius 3 is 0.775 bits per heavy atom. The second kappa shape index (κ2) is 36.0. The van der Waals surface area contributed by atoms with E-state index in [4.69, 9.17) is 0 Å². The number of para-hydroxylation sites is 6. The summed E-state index contributed by atoms with van der Waals surface area (Å²) >= 11 is 7.23. The van der Waals surface area contributed by atoms with E-state index in [1.54, 1.807) is 0 Å². The van der Waals surface area contributed by atoms with Gasteiger partial charge in [0.2, 0.25) is 0 Å². The van der Waals surface area contributed by atoms with Gasteiger partial charge in [0.1, 0.15) is 0 Å². The second-order valence-corrected chi connectivity index (χ2v) is 38.1. The lowest BCUT2D eigenvalue weighted by atomic mass is 10.0. The first-order chi connectivity index (χ1) is 70.3. The van der Waals surface area contributed by atoms with Crippen LogP contribution in [0.4, 0.5) is 45.5 Å². The molecule has 28 rings (SSSR count). The van der Waals surface area contributed by atoms with Crippen molar-refractivity contribution in [3.8, 4) is 50.7 Å². The van der Waals surface area contributed by atoms with Crippen LogP contribution in [0.2, 0.25) is 0 Å². The molecule has 0 bridgehead atoms. The van der Waals surface area contributed by atoms with Gasteiger partial charge >= 0.3 is 0 Å². The fourth-order valence-electron chi connectivity index (χ4n) is 21.6. The van der Waals surface area contributed by atoms with E-state index in [1.165, 1.54) is 142 Å². The maximum absolute atomic E-state index is 3.64. The van der Waals surface area contributed by atoms with E-state index in [-0.39, 0.29) is 0 Å². The molecule has 1 N–H and O–H groups in total. The monoisotopic (exact) mass is 1940 g/mol. The zero-order valence-corrected chi connectivity index (χ0v) is 80.3. The fourth-order valence-corrected chi connectivity index (χ4v) is 22.4. The molecule has 28 aromatic rings. The molecule has 0 amide bonds. The van der Waals surface area contributed by atoms with E-state index < -0.39 is 0 Å². The minimum atomic E-state index is 1.06. The highest BCUT2D eigenvalue weighted by molar-refractivity contribution is 9.10. The third-order valence-corrected chi connectivity index (χ3v) is 29.0. The largest absolute Gasteiger partial charge is 0.355 e. The lowest BCUT2D eigenvalue weighted by molar-refractivity contribution is 1.18. The average molecular weight is 1950 g/mol. The maximum atomic E-state index is 3.64. The molecule has 0 radical (unpaired) electrons. The molecular formula is C132H88Br2N8. The highest BCUT2D eigenvalue weighted by Crippen LogP contribution is 2.50. The van der Waals surface area contributed by atoms with Gasteiger partial charge in [0.05, 0.1) is 66.5 Å². The van der Waals surface area contributed by atoms with Crippen LogP contribution in [0.15, 0.2) is 537 Å². The van der Waals surface area contributed by atoms with Crippen molar-refractivity contribution < 1.29 is 0 Å². The average Bonchev–Trinajstić information content (AvgIpc) is 1.57. The Labute approximate surface area is 837 Å². The quantitative estimate of drug-likeness (QED) is 0.111. The standard InChI is InChI=1S/C80H53N5.C28H20N2.C24H15Br2N/c1-4-20-54(21-5-1)55-38-40-60(41-39-55)85-79-48-44-63(81(73-36-18-24-56-22-10-12-30-65(56)73)61-42-46-77-69(50-61)67-32-14-16-34-75(67)83(77)58-26-6-2-7-27-58)52-71(79)72-53-64(45-49-80(72)85)82(74-37-19-25-57-23-11-13-31-66(57)74)62-43-47-78-70(51-62)68-33-15-17-35-76(68)84(78)59-28-8-3-9-29-59;1-2-11-22(12-3-1)30-27-16-7-6-14-24(27)25-19-21(17-18-28(25)30)29-26-15-8-10-20-9-4-5-13-23(20)26;25-18-8-12-23-21(14-18)22-15-19(26)9-13-24(22)27(23)20-10-6-17(7-11-20)16-4-2-1-3-5-16/h1-53H;1-19,29H;1-15H. The summed E-state index contributed by atoms with van der Waals surface area (Å²) in [4.78, 5) is 4.95. The number of benzene rings is 23. The van der Waals surface area contributed by atoms with Gasteiger partial charge in [-0.25, -0.2) is 0 Å². The van der Waals surface area contributed by atoms with Crippen molar-refractivity contribution in [3.63, 3.8) is 0 Å². The molecule has 0 aliphatic carbocycles. The Hall–Kier alpha value is -17.8. The first-order valence-corrected chi connectivity index (χ1v) is 49.7. The number of nitrogens with zero attached hydrogens (tertiary/aromatic N) is 7. The van der Waals surface area contributed by atoms with Gasteiger partial charge in [0.25, 0.3) is 0 Å². The molecular weight excluding hydrogens is 1860 g/mol. The van der Waals surface area contributed by atoms with E-state index in [1.807, 2.05) is 6.07 Å². The van der Waals surface area contributed by atoms with Crippen LogP contribution in [0, 0.1) is 0 Å². The highest BCUT2D eigenvalue weighted by atomic mass is 79.9. The minimum Gasteiger partial charge on any atom is -0.355 e. The van der Waals surface area contributed by atoms with Crippen LogP contribution in [0.3, 0.4) is 0 Å². The molecule has 0 saturated heterocycles. The van der Waals surface area contributed by atoms with Gasteiger partial charge in [0, 0.05) is 142 Å². The summed E-state index contributed by atoms with van der Waals surface area (Å²) in [6, 6.07) is 191. The third kappa shape index (κ3) is 15.1. The van der Waals surface area contributed by atoms with Gasteiger partial charge in [-0.3, -0.25) is 0 Å². The summed E-state index contributed by atoms with van der Waals surface area (Å²) in [5, 5.41) is 22.9. The maximum Gasteiger partial charge on any atom is 0.0542 e. The SMILES string of the molecule is Brc1ccc2c(c1)c1cc(Br)ccc1n2-c1ccc(-c2ccccc2)cc1.c1ccc(-c2ccc(-n3c4ccc(N(c5ccc6c(c5)c5ccccc5n6-c5ccccc5)c5cccc6ccccc56)cc4c4cc(N(c5ccc6c(c5)c5ccccc5n6-c5ccccc5)c5cccc6ccccc56)ccc43)cc2)cc1.c1ccc(-n2c3ccccc3c3cc(Nc4cccc5ccccc45)ccc32)cc1. The first kappa shape index (κ1) is 84.7. The summed E-state index contributed by atoms with van der Waals surface area (Å²) in [5.41, 5.74) is 31.0. The van der Waals surface area contributed by atoms with E-state index in [9.17, 15) is 0 Å². The van der Waals surface area contributed by atoms with Gasteiger partial charge in [-0.2, -0.15) is 0 Å². The number of aromatic nitrogens is 5. The fraction of sp³-hybridized carbons (Fsp3) is 0. The molecule has 0 unspecified atom stereocenters. The Bertz CT molecular complexity index is 9360. The van der Waals surface area contributed by atoms with Gasteiger partial charge < -0.3 is 38.0 Å². The van der Waals surface area contributed by atoms with E-state index in [0.717, 1.165) is 104 Å². The zero-order chi connectivity index (χ0) is 94.2. The van der Waals surface area contributed by atoms with Crippen molar-refractivity contribution in [1.82, 2.24) is 22.8 Å². The molecule has 0 atom stereocenters. The number of hydrogen-bond acceptors (Lipinski definition) is 3. The lowest BCUT2D eigenvalue weighted by Gasteiger charge is -2.27. The Morgan fingerprint density at radius 2 is 0.408 bits per heavy atom.